The molecule has 3 atom stereocenters. The van der Waals surface area contributed by atoms with Crippen molar-refractivity contribution in [3.8, 4) is 0 Å². The third-order valence-electron chi connectivity index (χ3n) is 6.82. The van der Waals surface area contributed by atoms with Crippen LogP contribution in [0.3, 0.4) is 0 Å². The summed E-state index contributed by atoms with van der Waals surface area (Å²) in [5, 5.41) is 4.45. The molecule has 3 aliphatic rings. The lowest BCUT2D eigenvalue weighted by Crippen LogP contribution is -2.55. The molecule has 4 heterocycles. The van der Waals surface area contributed by atoms with Crippen molar-refractivity contribution in [2.24, 2.45) is 7.05 Å². The number of urea groups is 1. The van der Waals surface area contributed by atoms with E-state index >= 15 is 0 Å². The van der Waals surface area contributed by atoms with Crippen molar-refractivity contribution >= 4 is 23.5 Å². The van der Waals surface area contributed by atoms with Crippen LogP contribution in [0.4, 0.5) is 23.7 Å². The number of aryl methyl sites for hydroxylation is 1. The van der Waals surface area contributed by atoms with Gasteiger partial charge in [0.25, 0.3) is 11.8 Å². The molecule has 3 aliphatic heterocycles. The molecule has 180 valence electrons. The largest absolute Gasteiger partial charge is 0.416 e. The molecule has 8 nitrogen and oxygen atoms in total. The molecule has 2 bridgehead atoms. The van der Waals surface area contributed by atoms with E-state index < -0.39 is 35.8 Å². The van der Waals surface area contributed by atoms with Crippen LogP contribution in [0.25, 0.3) is 0 Å². The number of halogens is 3. The molecule has 4 amide bonds. The Hall–Kier alpha value is -3.37. The summed E-state index contributed by atoms with van der Waals surface area (Å²) in [5.41, 5.74) is -0.180. The summed E-state index contributed by atoms with van der Waals surface area (Å²) in [7, 11) is 1.68. The van der Waals surface area contributed by atoms with Gasteiger partial charge in [0.05, 0.1) is 29.0 Å². The van der Waals surface area contributed by atoms with E-state index in [1.54, 1.807) is 18.0 Å². The number of aromatic nitrogens is 2. The van der Waals surface area contributed by atoms with Crippen molar-refractivity contribution in [1.29, 1.82) is 0 Å². The van der Waals surface area contributed by atoms with Gasteiger partial charge in [-0.15, -0.1) is 0 Å². The summed E-state index contributed by atoms with van der Waals surface area (Å²) in [6.45, 7) is 6.23. The molecule has 1 aromatic heterocycles. The number of fused-ring (bicyclic) bond motifs is 5. The van der Waals surface area contributed by atoms with Gasteiger partial charge in [-0.25, -0.2) is 9.69 Å². The van der Waals surface area contributed by atoms with Crippen LogP contribution < -0.4 is 4.90 Å². The maximum atomic E-state index is 13.4. The lowest BCUT2D eigenvalue weighted by molar-refractivity contribution is -0.137. The molecular weight excluding hydrogens is 451 g/mol. The molecule has 1 aromatic carbocycles. The minimum Gasteiger partial charge on any atom is -0.330 e. The van der Waals surface area contributed by atoms with Crippen LogP contribution in [0.2, 0.25) is 0 Å². The molecule has 5 rings (SSSR count). The zero-order valence-electron chi connectivity index (χ0n) is 19.1. The van der Waals surface area contributed by atoms with Crippen molar-refractivity contribution in [2.75, 3.05) is 11.4 Å². The second-order valence-corrected chi connectivity index (χ2v) is 10.1. The fourth-order valence-corrected chi connectivity index (χ4v) is 5.13. The Morgan fingerprint density at radius 1 is 1.12 bits per heavy atom. The number of rotatable bonds is 2. The minimum atomic E-state index is -4.60. The van der Waals surface area contributed by atoms with E-state index in [4.69, 9.17) is 0 Å². The van der Waals surface area contributed by atoms with E-state index in [1.165, 1.54) is 21.7 Å². The Labute approximate surface area is 193 Å². The van der Waals surface area contributed by atoms with Crippen LogP contribution in [0, 0.1) is 0 Å². The smallest absolute Gasteiger partial charge is 0.330 e. The summed E-state index contributed by atoms with van der Waals surface area (Å²) in [5.74, 6) is -0.898. The van der Waals surface area contributed by atoms with Crippen LogP contribution in [0.5, 0.6) is 0 Å². The zero-order valence-corrected chi connectivity index (χ0v) is 19.1. The number of amides is 4. The lowest BCUT2D eigenvalue weighted by atomic mass is 9.92. The third kappa shape index (κ3) is 3.20. The Bertz CT molecular complexity index is 1220. The number of carbonyl (C=O) groups excluding carboxylic acids is 3. The molecule has 34 heavy (non-hydrogen) atoms. The number of piperazine rings is 1. The van der Waals surface area contributed by atoms with Crippen molar-refractivity contribution < 1.29 is 27.6 Å². The van der Waals surface area contributed by atoms with E-state index in [-0.39, 0.29) is 29.6 Å². The van der Waals surface area contributed by atoms with Gasteiger partial charge in [0, 0.05) is 19.0 Å². The summed E-state index contributed by atoms with van der Waals surface area (Å²) in [6, 6.07) is 3.42. The first-order chi connectivity index (χ1) is 15.8. The van der Waals surface area contributed by atoms with Gasteiger partial charge in [0.2, 0.25) is 0 Å². The summed E-state index contributed by atoms with van der Waals surface area (Å²) in [4.78, 5) is 43.6. The minimum absolute atomic E-state index is 0.127. The Balaban J connectivity index is 1.43. The summed E-state index contributed by atoms with van der Waals surface area (Å²) >= 11 is 0. The molecule has 0 unspecified atom stereocenters. The molecule has 0 spiro atoms. The molecule has 3 fully saturated rings. The molecule has 0 saturated carbocycles. The highest BCUT2D eigenvalue weighted by Gasteiger charge is 2.63. The molecule has 11 heteroatoms. The lowest BCUT2D eigenvalue weighted by Gasteiger charge is -2.34. The highest BCUT2D eigenvalue weighted by atomic mass is 19.4. The number of anilines is 1. The van der Waals surface area contributed by atoms with Crippen molar-refractivity contribution in [1.82, 2.24) is 19.6 Å². The molecule has 0 radical (unpaired) electrons. The molecule has 0 N–H and O–H groups in total. The summed E-state index contributed by atoms with van der Waals surface area (Å²) < 4.78 is 41.0. The maximum absolute atomic E-state index is 13.4. The van der Waals surface area contributed by atoms with Crippen molar-refractivity contribution in [2.45, 2.75) is 56.9 Å². The molecular formula is C23H24F3N5O3. The van der Waals surface area contributed by atoms with Crippen LogP contribution >= 0.6 is 0 Å². The fraction of sp³-hybridized carbons (Fsp3) is 0.478. The maximum Gasteiger partial charge on any atom is 0.416 e. The SMILES string of the molecule is Cn1nc(C(C)(C)C)cc1C(=O)N1C[C@@H]2C[C@H]1[C@@H]1C(=O)N(c3cccc(C(F)(F)F)c3)C(=O)N21. The van der Waals surface area contributed by atoms with Crippen LogP contribution in [-0.2, 0) is 23.4 Å². The number of hydrogen-bond donors (Lipinski definition) is 0. The normalized spacial score (nSPS) is 24.4. The van der Waals surface area contributed by atoms with Crippen molar-refractivity contribution in [3.05, 3.63) is 47.3 Å². The van der Waals surface area contributed by atoms with E-state index in [9.17, 15) is 27.6 Å². The first kappa shape index (κ1) is 22.4. The van der Waals surface area contributed by atoms with E-state index in [2.05, 4.69) is 5.10 Å². The van der Waals surface area contributed by atoms with Crippen LogP contribution in [-0.4, -0.2) is 62.1 Å². The number of hydrogen-bond acceptors (Lipinski definition) is 4. The van der Waals surface area contributed by atoms with E-state index in [0.29, 0.717) is 12.1 Å². The Morgan fingerprint density at radius 2 is 1.82 bits per heavy atom. The molecule has 0 aliphatic carbocycles. The van der Waals surface area contributed by atoms with Gasteiger partial charge in [-0.2, -0.15) is 18.3 Å². The average Bonchev–Trinajstić information content (AvgIpc) is 3.48. The number of nitrogens with zero attached hydrogens (tertiary/aromatic N) is 5. The van der Waals surface area contributed by atoms with E-state index in [0.717, 1.165) is 22.7 Å². The number of likely N-dealkylation sites (tertiary alicyclic amines) is 1. The van der Waals surface area contributed by atoms with Crippen LogP contribution in [0.1, 0.15) is 48.9 Å². The first-order valence-electron chi connectivity index (χ1n) is 11.0. The quantitative estimate of drug-likeness (QED) is 0.625. The monoisotopic (exact) mass is 475 g/mol. The third-order valence-corrected chi connectivity index (χ3v) is 6.82. The Morgan fingerprint density at radius 3 is 2.44 bits per heavy atom. The van der Waals surface area contributed by atoms with Gasteiger partial charge < -0.3 is 9.80 Å². The molecule has 2 aromatic rings. The van der Waals surface area contributed by atoms with Crippen molar-refractivity contribution in [3.63, 3.8) is 0 Å². The van der Waals surface area contributed by atoms with Gasteiger partial charge in [0.15, 0.2) is 0 Å². The average molecular weight is 475 g/mol. The number of benzene rings is 1. The van der Waals surface area contributed by atoms with Gasteiger partial charge in [-0.3, -0.25) is 14.3 Å². The number of alkyl halides is 3. The van der Waals surface area contributed by atoms with Gasteiger partial charge in [-0.05, 0) is 30.7 Å². The first-order valence-corrected chi connectivity index (χ1v) is 11.0. The van der Waals surface area contributed by atoms with E-state index in [1.807, 2.05) is 20.8 Å². The standard InChI is InChI=1S/C23H24F3N5O3/c1-22(2,3)17-10-16(28(4)27-17)19(32)29-11-14-9-15(29)18-20(33)31(21(34)30(14)18)13-7-5-6-12(8-13)23(24,25)26/h5-8,10,14-15,18H,9,11H2,1-4H3/t14-,15-,18+/m0/s1. The highest BCUT2D eigenvalue weighted by molar-refractivity contribution is 6.22. The number of carbonyl (C=O) groups is 3. The van der Waals surface area contributed by atoms with Gasteiger partial charge in [-0.1, -0.05) is 26.8 Å². The predicted octanol–water partition coefficient (Wildman–Crippen LogP) is 3.17. The van der Waals surface area contributed by atoms with Crippen LogP contribution in [0.15, 0.2) is 30.3 Å². The number of imide groups is 1. The fourth-order valence-electron chi connectivity index (χ4n) is 5.13. The van der Waals surface area contributed by atoms with Gasteiger partial charge in [0.1, 0.15) is 11.7 Å². The second-order valence-electron chi connectivity index (χ2n) is 10.1. The summed E-state index contributed by atoms with van der Waals surface area (Å²) in [6.07, 6.45) is -4.15. The second kappa shape index (κ2) is 7.07. The highest BCUT2D eigenvalue weighted by Crippen LogP contribution is 2.43. The zero-order chi connectivity index (χ0) is 24.7. The topological polar surface area (TPSA) is 78.8 Å². The Kier molecular flexibility index (Phi) is 4.66. The molecule has 3 saturated heterocycles. The predicted molar refractivity (Wildman–Crippen MR) is 115 cm³/mol. The van der Waals surface area contributed by atoms with Gasteiger partial charge >= 0.3 is 12.2 Å².